The number of anilines is 2. The Labute approximate surface area is 210 Å². The summed E-state index contributed by atoms with van der Waals surface area (Å²) in [6, 6.07) is 3.68. The highest BCUT2D eigenvalue weighted by Gasteiger charge is 2.30. The molecule has 0 aromatic carbocycles. The number of halogens is 1. The predicted octanol–water partition coefficient (Wildman–Crippen LogP) is 4.44. The molecule has 7 rings (SSSR count). The van der Waals surface area contributed by atoms with Gasteiger partial charge in [0.25, 0.3) is 0 Å². The number of pyridine rings is 3. The van der Waals surface area contributed by atoms with Crippen molar-refractivity contribution >= 4 is 39.5 Å². The Bertz CT molecular complexity index is 1650. The smallest absolute Gasteiger partial charge is 0.227 e. The van der Waals surface area contributed by atoms with E-state index in [1.807, 2.05) is 6.07 Å². The first-order valence-corrected chi connectivity index (χ1v) is 12.5. The lowest BCUT2D eigenvalue weighted by molar-refractivity contribution is -0.117. The van der Waals surface area contributed by atoms with Crippen LogP contribution in [0.4, 0.5) is 15.8 Å². The number of hydrogen-bond acceptors (Lipinski definition) is 7. The Morgan fingerprint density at radius 1 is 1.08 bits per heavy atom. The molecule has 2 aliphatic rings. The van der Waals surface area contributed by atoms with E-state index in [9.17, 15) is 4.79 Å². The van der Waals surface area contributed by atoms with Gasteiger partial charge in [-0.3, -0.25) is 14.9 Å². The van der Waals surface area contributed by atoms with Crippen molar-refractivity contribution in [3.05, 3.63) is 42.7 Å². The van der Waals surface area contributed by atoms with Crippen molar-refractivity contribution in [2.75, 3.05) is 23.3 Å². The number of nitrogens with zero attached hydrogens (tertiary/aromatic N) is 6. The van der Waals surface area contributed by atoms with Crippen molar-refractivity contribution in [2.45, 2.75) is 32.1 Å². The molecule has 11 heteroatoms. The van der Waals surface area contributed by atoms with Gasteiger partial charge in [0.2, 0.25) is 5.91 Å². The largest absolute Gasteiger partial charge is 0.370 e. The molecular formula is C26H24FN9O. The monoisotopic (exact) mass is 497 g/mol. The summed E-state index contributed by atoms with van der Waals surface area (Å²) in [5.41, 5.74) is 4.31. The highest BCUT2D eigenvalue weighted by molar-refractivity contribution is 5.97. The van der Waals surface area contributed by atoms with Crippen molar-refractivity contribution in [1.82, 2.24) is 35.1 Å². The number of nitrogens with one attached hydrogen (secondary N) is 3. The lowest BCUT2D eigenvalue weighted by Gasteiger charge is -2.28. The van der Waals surface area contributed by atoms with Gasteiger partial charge in [-0.2, -0.15) is 5.10 Å². The fourth-order valence-electron chi connectivity index (χ4n) is 4.97. The summed E-state index contributed by atoms with van der Waals surface area (Å²) < 4.78 is 16.0. The van der Waals surface area contributed by atoms with Crippen LogP contribution < -0.4 is 10.2 Å². The normalized spacial score (nSPS) is 16.0. The molecule has 1 amide bonds. The Kier molecular flexibility index (Phi) is 5.08. The Morgan fingerprint density at radius 3 is 2.78 bits per heavy atom. The quantitative estimate of drug-likeness (QED) is 0.328. The number of aromatic amines is 2. The van der Waals surface area contributed by atoms with E-state index in [2.05, 4.69) is 40.3 Å². The minimum absolute atomic E-state index is 0.0347. The molecule has 10 nitrogen and oxygen atoms in total. The minimum Gasteiger partial charge on any atom is -0.370 e. The van der Waals surface area contributed by atoms with Crippen LogP contribution in [0.15, 0.2) is 36.9 Å². The molecule has 0 bridgehead atoms. The van der Waals surface area contributed by atoms with Crippen LogP contribution in [0.1, 0.15) is 32.1 Å². The van der Waals surface area contributed by atoms with Crippen LogP contribution >= 0.6 is 0 Å². The van der Waals surface area contributed by atoms with Crippen LogP contribution in [0.5, 0.6) is 0 Å². The topological polar surface area (TPSA) is 128 Å². The second-order valence-electron chi connectivity index (χ2n) is 9.67. The molecule has 3 N–H and O–H groups in total. The van der Waals surface area contributed by atoms with Gasteiger partial charge in [0, 0.05) is 48.7 Å². The van der Waals surface area contributed by atoms with Crippen LogP contribution in [0.25, 0.3) is 44.8 Å². The third-order valence-electron chi connectivity index (χ3n) is 7.08. The van der Waals surface area contributed by atoms with Crippen LogP contribution in [-0.2, 0) is 4.79 Å². The Hall–Kier alpha value is -4.41. The molecule has 5 aromatic rings. The van der Waals surface area contributed by atoms with E-state index >= 15 is 4.39 Å². The zero-order chi connectivity index (χ0) is 24.9. The fourth-order valence-corrected chi connectivity index (χ4v) is 4.97. The number of imidazole rings is 1. The van der Waals surface area contributed by atoms with Crippen LogP contribution in [0.2, 0.25) is 0 Å². The zero-order valence-electron chi connectivity index (χ0n) is 20.0. The summed E-state index contributed by atoms with van der Waals surface area (Å²) in [6.45, 7) is 1.95. The number of H-pyrrole nitrogens is 2. The van der Waals surface area contributed by atoms with E-state index in [0.717, 1.165) is 50.0 Å². The number of rotatable bonds is 5. The van der Waals surface area contributed by atoms with E-state index in [-0.39, 0.29) is 22.8 Å². The highest BCUT2D eigenvalue weighted by atomic mass is 19.1. The third kappa shape index (κ3) is 3.87. The number of carbonyl (C=O) groups is 1. The molecule has 1 aliphatic heterocycles. The SMILES string of the molecule is O=C(Nc1cncc(-c2cnc3[nH]nc(-c4nc5c(N6CCCCC6)ccnc5[nH]4)c3c2F)c1)C1CC1. The predicted molar refractivity (Wildman–Crippen MR) is 137 cm³/mol. The van der Waals surface area contributed by atoms with Crippen molar-refractivity contribution in [1.29, 1.82) is 0 Å². The number of carbonyl (C=O) groups excluding carboxylic acids is 1. The van der Waals surface area contributed by atoms with E-state index in [0.29, 0.717) is 34.1 Å². The lowest BCUT2D eigenvalue weighted by atomic mass is 10.1. The van der Waals surface area contributed by atoms with Gasteiger partial charge < -0.3 is 15.2 Å². The molecule has 6 heterocycles. The molecule has 2 fully saturated rings. The maximum atomic E-state index is 16.0. The van der Waals surface area contributed by atoms with E-state index in [1.165, 1.54) is 12.6 Å². The second-order valence-corrected chi connectivity index (χ2v) is 9.67. The molecule has 5 aromatic heterocycles. The van der Waals surface area contributed by atoms with Crippen LogP contribution in [0.3, 0.4) is 0 Å². The molecule has 37 heavy (non-hydrogen) atoms. The van der Waals surface area contributed by atoms with Gasteiger partial charge in [-0.05, 0) is 44.2 Å². The second kappa shape index (κ2) is 8.61. The first kappa shape index (κ1) is 21.8. The number of aromatic nitrogens is 7. The molecule has 0 atom stereocenters. The van der Waals surface area contributed by atoms with Crippen LogP contribution in [-0.4, -0.2) is 54.1 Å². The fraction of sp³-hybridized carbons (Fsp3) is 0.308. The van der Waals surface area contributed by atoms with Gasteiger partial charge in [-0.15, -0.1) is 0 Å². The van der Waals surface area contributed by atoms with E-state index < -0.39 is 5.82 Å². The molecular weight excluding hydrogens is 473 g/mol. The van der Waals surface area contributed by atoms with Gasteiger partial charge in [0.15, 0.2) is 17.1 Å². The summed E-state index contributed by atoms with van der Waals surface area (Å²) in [5.74, 6) is -0.0568. The van der Waals surface area contributed by atoms with E-state index in [4.69, 9.17) is 4.98 Å². The van der Waals surface area contributed by atoms with Crippen molar-refractivity contribution in [3.8, 4) is 22.6 Å². The molecule has 1 aliphatic carbocycles. The molecule has 1 saturated carbocycles. The highest BCUT2D eigenvalue weighted by Crippen LogP contribution is 2.35. The van der Waals surface area contributed by atoms with Gasteiger partial charge in [0.1, 0.15) is 17.0 Å². The first-order valence-electron chi connectivity index (χ1n) is 12.5. The van der Waals surface area contributed by atoms with Gasteiger partial charge in [0.05, 0.1) is 23.0 Å². The Balaban J connectivity index is 1.29. The summed E-state index contributed by atoms with van der Waals surface area (Å²) in [6.07, 6.45) is 11.6. The number of piperidine rings is 1. The standard InChI is InChI=1S/C26H24FN9O/c27-20-17(15-10-16(12-28-11-15)31-26(37)14-4-5-14)13-30-23-19(20)22(34-35-23)25-32-21-18(6-7-29-24(21)33-25)36-8-2-1-3-9-36/h6-7,10-14H,1-5,8-9H2,(H,31,37)(H,29,32,33)(H,30,34,35). The summed E-state index contributed by atoms with van der Waals surface area (Å²) in [7, 11) is 0. The summed E-state index contributed by atoms with van der Waals surface area (Å²) >= 11 is 0. The summed E-state index contributed by atoms with van der Waals surface area (Å²) in [5, 5.41) is 10.3. The zero-order valence-corrected chi connectivity index (χ0v) is 20.0. The van der Waals surface area contributed by atoms with Crippen molar-refractivity contribution < 1.29 is 9.18 Å². The van der Waals surface area contributed by atoms with Gasteiger partial charge >= 0.3 is 0 Å². The van der Waals surface area contributed by atoms with Crippen LogP contribution in [0, 0.1) is 11.7 Å². The lowest BCUT2D eigenvalue weighted by Crippen LogP contribution is -2.29. The minimum atomic E-state index is -0.495. The van der Waals surface area contributed by atoms with Crippen molar-refractivity contribution in [3.63, 3.8) is 0 Å². The van der Waals surface area contributed by atoms with Gasteiger partial charge in [-0.1, -0.05) is 0 Å². The number of fused-ring (bicyclic) bond motifs is 2. The molecule has 186 valence electrons. The third-order valence-corrected chi connectivity index (χ3v) is 7.08. The molecule has 0 radical (unpaired) electrons. The average Bonchev–Trinajstić information content (AvgIpc) is 3.54. The molecule has 0 spiro atoms. The number of hydrogen-bond donors (Lipinski definition) is 3. The first-order chi connectivity index (χ1) is 18.2. The molecule has 0 unspecified atom stereocenters. The maximum Gasteiger partial charge on any atom is 0.227 e. The van der Waals surface area contributed by atoms with Gasteiger partial charge in [-0.25, -0.2) is 19.3 Å². The number of amides is 1. The maximum absolute atomic E-state index is 16.0. The average molecular weight is 498 g/mol. The molecule has 1 saturated heterocycles. The van der Waals surface area contributed by atoms with E-state index in [1.54, 1.807) is 24.7 Å². The summed E-state index contributed by atoms with van der Waals surface area (Å²) in [4.78, 5) is 35.6. The van der Waals surface area contributed by atoms with Crippen molar-refractivity contribution in [2.24, 2.45) is 5.92 Å². The Morgan fingerprint density at radius 2 is 1.95 bits per heavy atom.